The van der Waals surface area contributed by atoms with Gasteiger partial charge in [0, 0.05) is 61.5 Å². The van der Waals surface area contributed by atoms with E-state index in [1.54, 1.807) is 6.07 Å². The molecule has 3 aromatic carbocycles. The van der Waals surface area contributed by atoms with Gasteiger partial charge in [-0.05, 0) is 86.6 Å². The Hall–Kier alpha value is -5.86. The molecule has 0 aliphatic carbocycles. The van der Waals surface area contributed by atoms with Gasteiger partial charge in [0.15, 0.2) is 11.9 Å². The number of anilines is 2. The minimum Gasteiger partial charge on any atom is -0.457 e. The average molecular weight is 742 g/mol. The fourth-order valence-electron chi connectivity index (χ4n) is 8.65. The highest BCUT2D eigenvalue weighted by Gasteiger charge is 2.44. The molecule has 6 heterocycles. The molecule has 0 radical (unpaired) electrons. The maximum Gasteiger partial charge on any atom is 0.257 e. The van der Waals surface area contributed by atoms with E-state index in [-0.39, 0.29) is 30.7 Å². The summed E-state index contributed by atoms with van der Waals surface area (Å²) in [5, 5.41) is 19.1. The quantitative estimate of drug-likeness (QED) is 0.189. The number of hydrogen-bond acceptors (Lipinski definition) is 11. The predicted octanol–water partition coefficient (Wildman–Crippen LogP) is 4.67. The van der Waals surface area contributed by atoms with Gasteiger partial charge < -0.3 is 25.4 Å². The molecule has 4 N–H and O–H groups in total. The first-order valence-electron chi connectivity index (χ1n) is 19.1. The standard InChI is InChI=1S/C41H43N9O5/c42-37-35-36(26-6-9-30(10-7-26)55-29-4-2-1-3-5-29)46-50(38(35)44-24-43-37)27-16-18-47(19-17-27)23-25-14-20-48(21-15-25)28-8-11-31-32(22-28)41(54)49(40(31)53)33-12-13-34(51)45-39(33)52/h1-11,22,24-25,27,33,40,53H,12-21,23H2,(H2,42,43,44)(H,45,51,52). The minimum absolute atomic E-state index is 0.136. The molecule has 3 amide bonds. The Labute approximate surface area is 317 Å². The first-order chi connectivity index (χ1) is 26.8. The van der Waals surface area contributed by atoms with E-state index in [9.17, 15) is 19.5 Å². The van der Waals surface area contributed by atoms with Crippen LogP contribution in [-0.4, -0.2) is 91.1 Å². The minimum atomic E-state index is -1.21. The number of hydrogen-bond donors (Lipinski definition) is 3. The van der Waals surface area contributed by atoms with Crippen LogP contribution >= 0.6 is 0 Å². The van der Waals surface area contributed by atoms with Crippen LogP contribution in [-0.2, 0) is 9.59 Å². The largest absolute Gasteiger partial charge is 0.457 e. The van der Waals surface area contributed by atoms with Crippen molar-refractivity contribution in [1.82, 2.24) is 34.9 Å². The zero-order valence-electron chi connectivity index (χ0n) is 30.4. The van der Waals surface area contributed by atoms with Crippen molar-refractivity contribution in [2.75, 3.05) is 43.4 Å². The number of aliphatic hydroxyl groups excluding tert-OH is 1. The van der Waals surface area contributed by atoms with Gasteiger partial charge in [0.1, 0.15) is 35.4 Å². The summed E-state index contributed by atoms with van der Waals surface area (Å²) in [6.45, 7) is 4.71. The lowest BCUT2D eigenvalue weighted by Crippen LogP contribution is -2.53. The number of rotatable bonds is 8. The third kappa shape index (κ3) is 6.65. The summed E-state index contributed by atoms with van der Waals surface area (Å²) in [6, 6.07) is 22.5. The van der Waals surface area contributed by atoms with E-state index in [1.807, 2.05) is 66.7 Å². The van der Waals surface area contributed by atoms with Crippen LogP contribution in [0.15, 0.2) is 79.1 Å². The summed E-state index contributed by atoms with van der Waals surface area (Å²) in [4.78, 5) is 52.6. The van der Waals surface area contributed by atoms with E-state index in [4.69, 9.17) is 15.6 Å². The van der Waals surface area contributed by atoms with Crippen molar-refractivity contribution in [3.8, 4) is 22.8 Å². The molecule has 2 unspecified atom stereocenters. The van der Waals surface area contributed by atoms with Gasteiger partial charge in [-0.25, -0.2) is 14.6 Å². The lowest BCUT2D eigenvalue weighted by Gasteiger charge is -2.38. The molecule has 3 fully saturated rings. The molecule has 0 spiro atoms. The summed E-state index contributed by atoms with van der Waals surface area (Å²) in [5.74, 6) is 1.21. The number of benzene rings is 3. The number of aromatic nitrogens is 4. The molecule has 4 aliphatic heterocycles. The number of carbonyl (C=O) groups is 3. The number of aliphatic hydroxyl groups is 1. The van der Waals surface area contributed by atoms with Gasteiger partial charge in [-0.3, -0.25) is 24.6 Å². The number of nitrogens with two attached hydrogens (primary N) is 1. The summed E-state index contributed by atoms with van der Waals surface area (Å²) in [7, 11) is 0. The number of nitrogens with zero attached hydrogens (tertiary/aromatic N) is 7. The zero-order valence-corrected chi connectivity index (χ0v) is 30.4. The second-order valence-corrected chi connectivity index (χ2v) is 15.0. The van der Waals surface area contributed by atoms with Crippen LogP contribution in [0.2, 0.25) is 0 Å². The molecule has 55 heavy (non-hydrogen) atoms. The number of para-hydroxylation sites is 1. The van der Waals surface area contributed by atoms with Crippen LogP contribution in [0.1, 0.15) is 66.7 Å². The molecule has 2 aromatic heterocycles. The highest BCUT2D eigenvalue weighted by molar-refractivity contribution is 6.06. The molecular formula is C41H43N9O5. The lowest BCUT2D eigenvalue weighted by atomic mass is 9.94. The Morgan fingerprint density at radius 3 is 2.35 bits per heavy atom. The molecule has 282 valence electrons. The Kier molecular flexibility index (Phi) is 9.14. The molecule has 0 bridgehead atoms. The van der Waals surface area contributed by atoms with Crippen molar-refractivity contribution in [2.24, 2.45) is 5.92 Å². The van der Waals surface area contributed by atoms with E-state index in [1.165, 1.54) is 11.2 Å². The predicted molar refractivity (Wildman–Crippen MR) is 205 cm³/mol. The topological polar surface area (TPSA) is 172 Å². The van der Waals surface area contributed by atoms with E-state index in [0.717, 1.165) is 97.9 Å². The number of ether oxygens (including phenoxy) is 1. The van der Waals surface area contributed by atoms with Crippen molar-refractivity contribution in [3.05, 3.63) is 90.3 Å². The summed E-state index contributed by atoms with van der Waals surface area (Å²) < 4.78 is 8.05. The van der Waals surface area contributed by atoms with Gasteiger partial charge in [-0.2, -0.15) is 5.10 Å². The van der Waals surface area contributed by atoms with Gasteiger partial charge in [0.2, 0.25) is 11.8 Å². The summed E-state index contributed by atoms with van der Waals surface area (Å²) >= 11 is 0. The molecule has 4 aliphatic rings. The van der Waals surface area contributed by atoms with E-state index >= 15 is 0 Å². The van der Waals surface area contributed by atoms with Crippen molar-refractivity contribution in [2.45, 2.75) is 56.8 Å². The van der Waals surface area contributed by atoms with Crippen LogP contribution < -0.4 is 20.7 Å². The van der Waals surface area contributed by atoms with Gasteiger partial charge in [-0.15, -0.1) is 0 Å². The van der Waals surface area contributed by atoms with Crippen molar-refractivity contribution >= 4 is 40.3 Å². The van der Waals surface area contributed by atoms with Crippen molar-refractivity contribution in [3.63, 3.8) is 0 Å². The smallest absolute Gasteiger partial charge is 0.257 e. The van der Waals surface area contributed by atoms with E-state index in [0.29, 0.717) is 22.9 Å². The monoisotopic (exact) mass is 741 g/mol. The van der Waals surface area contributed by atoms with E-state index < -0.39 is 18.2 Å². The number of piperidine rings is 3. The number of imide groups is 1. The third-order valence-electron chi connectivity index (χ3n) is 11.6. The van der Waals surface area contributed by atoms with Gasteiger partial charge in [-0.1, -0.05) is 24.3 Å². The maximum atomic E-state index is 13.4. The fraction of sp³-hybridized carbons (Fsp3) is 0.366. The zero-order chi connectivity index (χ0) is 37.6. The Morgan fingerprint density at radius 1 is 0.855 bits per heavy atom. The summed E-state index contributed by atoms with van der Waals surface area (Å²) in [5.41, 5.74) is 10.7. The molecule has 9 rings (SSSR count). The van der Waals surface area contributed by atoms with E-state index in [2.05, 4.69) is 29.8 Å². The van der Waals surface area contributed by atoms with Crippen LogP contribution in [0.25, 0.3) is 22.3 Å². The summed E-state index contributed by atoms with van der Waals surface area (Å²) in [6.07, 6.45) is 4.61. The number of carbonyl (C=O) groups excluding carboxylic acids is 3. The number of nitrogens with one attached hydrogen (secondary N) is 1. The molecule has 14 heteroatoms. The highest BCUT2D eigenvalue weighted by Crippen LogP contribution is 2.39. The molecule has 2 atom stereocenters. The first-order valence-corrected chi connectivity index (χ1v) is 19.1. The second kappa shape index (κ2) is 14.4. The van der Waals surface area contributed by atoms with Crippen LogP contribution in [0.5, 0.6) is 11.5 Å². The Bertz CT molecular complexity index is 2250. The second-order valence-electron chi connectivity index (χ2n) is 15.0. The molecular weight excluding hydrogens is 699 g/mol. The molecule has 14 nitrogen and oxygen atoms in total. The van der Waals surface area contributed by atoms with Gasteiger partial charge >= 0.3 is 0 Å². The number of likely N-dealkylation sites (tertiary alicyclic amines) is 1. The number of fused-ring (bicyclic) bond motifs is 2. The van der Waals surface area contributed by atoms with Crippen LogP contribution in [0.3, 0.4) is 0 Å². The average Bonchev–Trinajstić information content (AvgIpc) is 3.71. The van der Waals surface area contributed by atoms with Crippen molar-refractivity contribution in [1.29, 1.82) is 0 Å². The number of nitrogen functional groups attached to an aromatic ring is 1. The lowest BCUT2D eigenvalue weighted by molar-refractivity contribution is -0.139. The molecule has 5 aromatic rings. The fourth-order valence-corrected chi connectivity index (χ4v) is 8.65. The maximum absolute atomic E-state index is 13.4. The van der Waals surface area contributed by atoms with Crippen molar-refractivity contribution < 1.29 is 24.2 Å². The normalized spacial score (nSPS) is 21.3. The first kappa shape index (κ1) is 34.9. The number of amides is 3. The van der Waals surface area contributed by atoms with Gasteiger partial charge in [0.25, 0.3) is 5.91 Å². The molecule has 0 saturated carbocycles. The Morgan fingerprint density at radius 2 is 1.60 bits per heavy atom. The Balaban J connectivity index is 0.809. The SMILES string of the molecule is Nc1ncnc2c1c(-c1ccc(Oc3ccccc3)cc1)nn2C1CCN(CC2CCN(c3ccc4c(c3)C(=O)N(C3CCC(=O)NC3=O)C4O)CC2)CC1. The third-order valence-corrected chi connectivity index (χ3v) is 11.6. The molecule has 3 saturated heterocycles. The van der Waals surface area contributed by atoms with Gasteiger partial charge in [0.05, 0.1) is 11.4 Å². The highest BCUT2D eigenvalue weighted by atomic mass is 16.5. The van der Waals surface area contributed by atoms with Crippen LogP contribution in [0.4, 0.5) is 11.5 Å². The van der Waals surface area contributed by atoms with Crippen LogP contribution in [0, 0.1) is 5.92 Å².